The first-order valence-corrected chi connectivity index (χ1v) is 14.3. The average molecular weight is 607 g/mol. The van der Waals surface area contributed by atoms with Crippen LogP contribution < -0.4 is 15.6 Å². The number of nitrogens with one attached hydrogen (secondary N) is 1. The largest absolute Gasteiger partial charge is 0.479 e. The summed E-state index contributed by atoms with van der Waals surface area (Å²) in [4.78, 5) is 63.3. The number of anilines is 1. The van der Waals surface area contributed by atoms with Crippen molar-refractivity contribution in [2.45, 2.75) is 16.6 Å². The lowest BCUT2D eigenvalue weighted by Crippen LogP contribution is -2.71. The van der Waals surface area contributed by atoms with E-state index < -0.39 is 41.8 Å². The molecule has 0 bridgehead atoms. The predicted molar refractivity (Wildman–Crippen MR) is 142 cm³/mol. The Balaban J connectivity index is 1.30. The van der Waals surface area contributed by atoms with Gasteiger partial charge < -0.3 is 30.5 Å². The third-order valence-corrected chi connectivity index (χ3v) is 8.61. The molecule has 2 atom stereocenters. The fraction of sp³-hybridized carbons (Fsp3) is 0.273. The molecule has 0 spiro atoms. The van der Waals surface area contributed by atoms with Crippen molar-refractivity contribution >= 4 is 80.6 Å². The van der Waals surface area contributed by atoms with Crippen molar-refractivity contribution in [3.63, 3.8) is 0 Å². The maximum Gasteiger partial charge on any atom is 0.352 e. The number of nitrogen functional groups attached to an aromatic ring is 1. The van der Waals surface area contributed by atoms with Crippen molar-refractivity contribution in [1.82, 2.24) is 20.2 Å². The van der Waals surface area contributed by atoms with Gasteiger partial charge in [0.1, 0.15) is 29.9 Å². The number of aromatic nitrogens is 3. The number of aryl methyl sites for hydroxylation is 1. The van der Waals surface area contributed by atoms with Crippen LogP contribution in [0.25, 0.3) is 11.1 Å². The Morgan fingerprint density at radius 3 is 2.88 bits per heavy atom. The van der Waals surface area contributed by atoms with Gasteiger partial charge in [0.25, 0.3) is 17.0 Å². The third-order valence-electron chi connectivity index (χ3n) is 5.68. The monoisotopic (exact) mass is 606 g/mol. The number of pyridine rings is 1. The minimum Gasteiger partial charge on any atom is -0.479 e. The Morgan fingerprint density at radius 1 is 1.38 bits per heavy atom. The maximum absolute atomic E-state index is 13.1. The number of β-lactam (4-membered cyclic amide) rings is 1. The quantitative estimate of drug-likeness (QED) is 0.0789. The second kappa shape index (κ2) is 11.1. The van der Waals surface area contributed by atoms with Gasteiger partial charge in [0, 0.05) is 23.0 Å². The maximum atomic E-state index is 13.1. The zero-order valence-corrected chi connectivity index (χ0v) is 22.9. The molecule has 15 nitrogen and oxygen atoms in total. The van der Waals surface area contributed by atoms with Gasteiger partial charge in [-0.1, -0.05) is 16.9 Å². The molecule has 2 aliphatic heterocycles. The molecular weight excluding hydrogens is 586 g/mol. The Kier molecular flexibility index (Phi) is 7.63. The minimum atomic E-state index is -1.31. The van der Waals surface area contributed by atoms with E-state index in [1.54, 1.807) is 12.3 Å². The topological polar surface area (TPSA) is 214 Å². The van der Waals surface area contributed by atoms with Crippen LogP contribution in [0.15, 0.2) is 49.9 Å². The molecule has 0 aromatic carbocycles. The van der Waals surface area contributed by atoms with Crippen LogP contribution in [0.4, 0.5) is 5.13 Å². The number of fused-ring (bicyclic) bond motifs is 2. The Labute approximate surface area is 237 Å². The summed E-state index contributed by atoms with van der Waals surface area (Å²) in [6.07, 6.45) is 3.62. The predicted octanol–water partition coefficient (Wildman–Crippen LogP) is 0.0272. The summed E-state index contributed by atoms with van der Waals surface area (Å²) in [5.41, 5.74) is 6.90. The van der Waals surface area contributed by atoms with Crippen molar-refractivity contribution in [2.75, 3.05) is 23.8 Å². The molecule has 40 heavy (non-hydrogen) atoms. The Hall–Kier alpha value is -4.16. The lowest BCUT2D eigenvalue weighted by molar-refractivity contribution is -0.670. The molecule has 18 heteroatoms. The van der Waals surface area contributed by atoms with Crippen molar-refractivity contribution < 1.29 is 43.2 Å². The molecule has 3 aromatic rings. The highest BCUT2D eigenvalue weighted by molar-refractivity contribution is 8.01. The Bertz CT molecular complexity index is 1600. The van der Waals surface area contributed by atoms with Crippen LogP contribution in [-0.4, -0.2) is 84.1 Å². The van der Waals surface area contributed by atoms with Crippen LogP contribution in [0.1, 0.15) is 5.69 Å². The molecule has 0 saturated carbocycles. The lowest BCUT2D eigenvalue weighted by atomic mass is 10.0. The minimum absolute atomic E-state index is 0.0312. The summed E-state index contributed by atoms with van der Waals surface area (Å²) in [6, 6.07) is 0.722. The number of thiazole rings is 1. The molecule has 1 fully saturated rings. The molecule has 0 aliphatic carbocycles. The molecule has 5 N–H and O–H groups in total. The molecule has 1 saturated heterocycles. The molecule has 3 aromatic heterocycles. The van der Waals surface area contributed by atoms with Gasteiger partial charge in [-0.25, -0.2) is 19.1 Å². The van der Waals surface area contributed by atoms with E-state index in [1.807, 2.05) is 17.8 Å². The van der Waals surface area contributed by atoms with Crippen LogP contribution in [0.3, 0.4) is 0 Å². The standard InChI is InChI=1S/C22H19N7O8S3/c1-28-3-2-12-10(4-28)25-22(37-12)40-7-9-6-38-19-15(18(33)29(19)16(9)20(34)35)26-17(32)14(27-36-5-13(30)31)11-8-39-21(23)24-11/h2-4,8,15,19H,5-7H2,1H3,(H4-,23,24,26,30,31,32,34,35)/p+1/b27-14-/t15?,19-/m0/s1. The second-order valence-electron chi connectivity index (χ2n) is 8.42. The van der Waals surface area contributed by atoms with E-state index in [0.29, 0.717) is 21.9 Å². The SMILES string of the molecule is C[n+]1ccc2oc(SCC3=C(C(=O)O)N4C(=O)C(NC(=O)/C(=N\OCC(=O)O)c5csc(N)n5)[C@@H]4SC3)nc2c1. The lowest BCUT2D eigenvalue weighted by Gasteiger charge is -2.49. The van der Waals surface area contributed by atoms with Gasteiger partial charge in [-0.05, 0) is 5.57 Å². The van der Waals surface area contributed by atoms with Crippen LogP contribution in [0.5, 0.6) is 0 Å². The van der Waals surface area contributed by atoms with E-state index >= 15 is 0 Å². The van der Waals surface area contributed by atoms with E-state index in [9.17, 15) is 24.3 Å². The van der Waals surface area contributed by atoms with Crippen LogP contribution >= 0.6 is 34.9 Å². The van der Waals surface area contributed by atoms with E-state index in [2.05, 4.69) is 20.4 Å². The van der Waals surface area contributed by atoms with Crippen molar-refractivity contribution in [3.05, 3.63) is 40.8 Å². The zero-order chi connectivity index (χ0) is 28.6. The molecule has 1 unspecified atom stereocenters. The number of oxime groups is 1. The number of carbonyl (C=O) groups is 4. The summed E-state index contributed by atoms with van der Waals surface area (Å²) in [5.74, 6) is -3.55. The van der Waals surface area contributed by atoms with Gasteiger partial charge in [0.05, 0.1) is 0 Å². The van der Waals surface area contributed by atoms with Gasteiger partial charge >= 0.3 is 11.9 Å². The van der Waals surface area contributed by atoms with Crippen molar-refractivity contribution in [3.8, 4) is 0 Å². The van der Waals surface area contributed by atoms with E-state index in [0.717, 1.165) is 16.2 Å². The number of amides is 2. The number of hydrogen-bond acceptors (Lipinski definition) is 13. The summed E-state index contributed by atoms with van der Waals surface area (Å²) in [6.45, 7) is -0.805. The average Bonchev–Trinajstić information content (AvgIpc) is 3.52. The third kappa shape index (κ3) is 5.45. The van der Waals surface area contributed by atoms with E-state index in [1.165, 1.54) is 28.9 Å². The summed E-state index contributed by atoms with van der Waals surface area (Å²) >= 11 is 3.53. The number of thioether (sulfide) groups is 2. The molecule has 5 heterocycles. The fourth-order valence-corrected chi connectivity index (χ4v) is 6.79. The number of nitrogens with two attached hydrogens (primary N) is 1. The summed E-state index contributed by atoms with van der Waals surface area (Å²) < 4.78 is 7.55. The van der Waals surface area contributed by atoms with Crippen LogP contribution in [-0.2, 0) is 31.1 Å². The first kappa shape index (κ1) is 27.4. The highest BCUT2D eigenvalue weighted by Gasteiger charge is 2.54. The molecule has 5 rings (SSSR count). The molecule has 2 amide bonds. The number of rotatable bonds is 10. The second-order valence-corrected chi connectivity index (χ2v) is 11.3. The molecule has 2 aliphatic rings. The van der Waals surface area contributed by atoms with Gasteiger partial charge in [-0.3, -0.25) is 14.5 Å². The van der Waals surface area contributed by atoms with Crippen molar-refractivity contribution in [1.29, 1.82) is 0 Å². The first-order valence-electron chi connectivity index (χ1n) is 11.3. The first-order chi connectivity index (χ1) is 19.1. The summed E-state index contributed by atoms with van der Waals surface area (Å²) in [7, 11) is 1.86. The van der Waals surface area contributed by atoms with Gasteiger partial charge in [0.15, 0.2) is 34.3 Å². The number of carbonyl (C=O) groups excluding carboxylic acids is 2. The van der Waals surface area contributed by atoms with Crippen LogP contribution in [0, 0.1) is 0 Å². The van der Waals surface area contributed by atoms with E-state index in [-0.39, 0.29) is 33.7 Å². The number of carboxylic acids is 2. The van der Waals surface area contributed by atoms with Gasteiger partial charge in [-0.2, -0.15) is 4.98 Å². The fourth-order valence-electron chi connectivity index (χ4n) is 3.92. The Morgan fingerprint density at radius 2 is 2.17 bits per heavy atom. The zero-order valence-electron chi connectivity index (χ0n) is 20.5. The number of carboxylic acid groups (broad SMARTS) is 2. The molecule has 208 valence electrons. The molecular formula is C22H20N7O8S3+. The number of nitrogens with zero attached hydrogens (tertiary/aromatic N) is 5. The highest BCUT2D eigenvalue weighted by atomic mass is 32.2. The summed E-state index contributed by atoms with van der Waals surface area (Å²) in [5, 5.41) is 26.1. The number of oxazole rings is 1. The van der Waals surface area contributed by atoms with Crippen molar-refractivity contribution in [2.24, 2.45) is 12.2 Å². The van der Waals surface area contributed by atoms with Gasteiger partial charge in [-0.15, -0.1) is 23.1 Å². The molecule has 0 radical (unpaired) electrons. The van der Waals surface area contributed by atoms with E-state index in [4.69, 9.17) is 20.1 Å². The van der Waals surface area contributed by atoms with Gasteiger partial charge in [0.2, 0.25) is 6.61 Å². The number of hydrogen-bond donors (Lipinski definition) is 4. The smallest absolute Gasteiger partial charge is 0.352 e. The normalized spacial score (nSPS) is 18.9. The highest BCUT2D eigenvalue weighted by Crippen LogP contribution is 2.41. The van der Waals surface area contributed by atoms with Crippen LogP contribution in [0.2, 0.25) is 0 Å². The number of aliphatic carboxylic acids is 2.